The Morgan fingerprint density at radius 2 is 1.78 bits per heavy atom. The predicted octanol–water partition coefficient (Wildman–Crippen LogP) is 5.89. The van der Waals surface area contributed by atoms with Crippen LogP contribution in [0.15, 0.2) is 14.3 Å². The average Bonchev–Trinajstić information content (AvgIpc) is 2.62. The third-order valence-corrected chi connectivity index (χ3v) is 7.24. The maximum Gasteiger partial charge on any atom is 0.0843 e. The van der Waals surface area contributed by atoms with Gasteiger partial charge in [0.2, 0.25) is 0 Å². The van der Waals surface area contributed by atoms with Crippen molar-refractivity contribution in [3.63, 3.8) is 0 Å². The van der Waals surface area contributed by atoms with Crippen molar-refractivity contribution >= 4 is 43.2 Å². The molecule has 1 N–H and O–H groups in total. The van der Waals surface area contributed by atoms with Crippen LogP contribution in [0.2, 0.25) is 0 Å². The first kappa shape index (κ1) is 15.0. The Labute approximate surface area is 131 Å². The molecule has 1 aromatic heterocycles. The van der Waals surface area contributed by atoms with Crippen LogP contribution in [0.3, 0.4) is 0 Å². The second-order valence-electron chi connectivity index (χ2n) is 5.14. The lowest BCUT2D eigenvalue weighted by atomic mass is 9.85. The summed E-state index contributed by atoms with van der Waals surface area (Å²) >= 11 is 9.07. The normalized spacial score (nSPS) is 20.4. The van der Waals surface area contributed by atoms with E-state index < -0.39 is 0 Å². The molecule has 0 aromatic carbocycles. The summed E-state index contributed by atoms with van der Waals surface area (Å²) in [5, 5.41) is 3.55. The van der Waals surface area contributed by atoms with Crippen LogP contribution < -0.4 is 5.32 Å². The molecule has 1 aliphatic rings. The van der Waals surface area contributed by atoms with Crippen molar-refractivity contribution in [3.05, 3.63) is 19.2 Å². The van der Waals surface area contributed by atoms with Crippen LogP contribution in [-0.4, -0.2) is 7.05 Å². The molecule has 1 unspecified atom stereocenters. The van der Waals surface area contributed by atoms with E-state index in [-0.39, 0.29) is 0 Å². The number of halogens is 2. The zero-order valence-corrected chi connectivity index (χ0v) is 14.8. The lowest BCUT2D eigenvalue weighted by Gasteiger charge is -2.27. The molecular weight excluding hydrogens is 374 g/mol. The van der Waals surface area contributed by atoms with Crippen molar-refractivity contribution in [2.45, 2.75) is 51.0 Å². The fourth-order valence-corrected chi connectivity index (χ4v) is 5.24. The van der Waals surface area contributed by atoms with Crippen LogP contribution in [-0.2, 0) is 0 Å². The Morgan fingerprint density at radius 3 is 2.28 bits per heavy atom. The van der Waals surface area contributed by atoms with Gasteiger partial charge in [-0.25, -0.2) is 0 Å². The third kappa shape index (κ3) is 3.81. The Balaban J connectivity index is 2.10. The first-order valence-electron chi connectivity index (χ1n) is 6.84. The third-order valence-electron chi connectivity index (χ3n) is 3.90. The summed E-state index contributed by atoms with van der Waals surface area (Å²) in [6.07, 6.45) is 9.83. The van der Waals surface area contributed by atoms with Crippen molar-refractivity contribution in [2.24, 2.45) is 5.92 Å². The molecule has 0 radical (unpaired) electrons. The van der Waals surface area contributed by atoms with Gasteiger partial charge in [-0.05, 0) is 63.7 Å². The first-order valence-corrected chi connectivity index (χ1v) is 9.24. The Morgan fingerprint density at radius 1 is 1.17 bits per heavy atom. The molecule has 2 rings (SSSR count). The van der Waals surface area contributed by atoms with Gasteiger partial charge in [0, 0.05) is 15.4 Å². The molecule has 102 valence electrons. The largest absolute Gasteiger partial charge is 0.312 e. The molecule has 0 bridgehead atoms. The molecule has 0 amide bonds. The second kappa shape index (κ2) is 7.41. The molecule has 0 aliphatic heterocycles. The molecule has 1 aliphatic carbocycles. The Kier molecular flexibility index (Phi) is 6.19. The predicted molar refractivity (Wildman–Crippen MR) is 87.3 cm³/mol. The SMILES string of the molecule is CNC(c1cc(Br)c(Br)s1)C1CCCCCCC1. The highest BCUT2D eigenvalue weighted by Gasteiger charge is 2.24. The summed E-state index contributed by atoms with van der Waals surface area (Å²) in [6, 6.07) is 2.80. The lowest BCUT2D eigenvalue weighted by molar-refractivity contribution is 0.302. The molecule has 1 atom stereocenters. The van der Waals surface area contributed by atoms with Crippen molar-refractivity contribution in [3.8, 4) is 0 Å². The van der Waals surface area contributed by atoms with E-state index in [0.29, 0.717) is 6.04 Å². The van der Waals surface area contributed by atoms with Gasteiger partial charge in [-0.15, -0.1) is 11.3 Å². The molecule has 1 heterocycles. The van der Waals surface area contributed by atoms with Crippen LogP contribution >= 0.6 is 43.2 Å². The van der Waals surface area contributed by atoms with Gasteiger partial charge in [0.25, 0.3) is 0 Å². The number of nitrogens with one attached hydrogen (secondary N) is 1. The summed E-state index contributed by atoms with van der Waals surface area (Å²) < 4.78 is 2.40. The molecule has 1 nitrogen and oxygen atoms in total. The lowest BCUT2D eigenvalue weighted by Crippen LogP contribution is -2.25. The van der Waals surface area contributed by atoms with E-state index in [9.17, 15) is 0 Å². The number of thiophene rings is 1. The minimum atomic E-state index is 0.524. The smallest absolute Gasteiger partial charge is 0.0843 e. The number of hydrogen-bond acceptors (Lipinski definition) is 2. The van der Waals surface area contributed by atoms with E-state index in [4.69, 9.17) is 0 Å². The monoisotopic (exact) mass is 393 g/mol. The Hall–Kier alpha value is 0.620. The van der Waals surface area contributed by atoms with Gasteiger partial charge in [0.1, 0.15) is 0 Å². The summed E-state index contributed by atoms with van der Waals surface area (Å²) in [6.45, 7) is 0. The van der Waals surface area contributed by atoms with Crippen molar-refractivity contribution in [1.82, 2.24) is 5.32 Å². The number of hydrogen-bond donors (Lipinski definition) is 1. The highest BCUT2D eigenvalue weighted by atomic mass is 79.9. The first-order chi connectivity index (χ1) is 8.72. The highest BCUT2D eigenvalue weighted by molar-refractivity contribution is 9.13. The molecule has 18 heavy (non-hydrogen) atoms. The standard InChI is InChI=1S/C14H21Br2NS/c1-17-13(12-9-11(15)14(16)18-12)10-7-5-3-2-4-6-8-10/h9-10,13,17H,2-8H2,1H3. The van der Waals surface area contributed by atoms with E-state index in [1.54, 1.807) is 0 Å². The van der Waals surface area contributed by atoms with Gasteiger partial charge < -0.3 is 5.32 Å². The van der Waals surface area contributed by atoms with Gasteiger partial charge >= 0.3 is 0 Å². The summed E-state index contributed by atoms with van der Waals surface area (Å²) in [5.74, 6) is 0.799. The fourth-order valence-electron chi connectivity index (χ4n) is 2.95. The zero-order chi connectivity index (χ0) is 13.0. The summed E-state index contributed by atoms with van der Waals surface area (Å²) in [5.41, 5.74) is 0. The minimum absolute atomic E-state index is 0.524. The van der Waals surface area contributed by atoms with Gasteiger partial charge in [-0.1, -0.05) is 32.1 Å². The van der Waals surface area contributed by atoms with Crippen molar-refractivity contribution < 1.29 is 0 Å². The topological polar surface area (TPSA) is 12.0 Å². The fraction of sp³-hybridized carbons (Fsp3) is 0.714. The van der Waals surface area contributed by atoms with E-state index in [0.717, 1.165) is 5.92 Å². The molecule has 1 aromatic rings. The van der Waals surface area contributed by atoms with Gasteiger partial charge in [-0.3, -0.25) is 0 Å². The van der Waals surface area contributed by atoms with Crippen LogP contribution in [0.25, 0.3) is 0 Å². The van der Waals surface area contributed by atoms with Gasteiger partial charge in [0.15, 0.2) is 0 Å². The molecule has 1 saturated carbocycles. The summed E-state index contributed by atoms with van der Waals surface area (Å²) in [4.78, 5) is 1.46. The quantitative estimate of drug-likeness (QED) is 0.673. The highest BCUT2D eigenvalue weighted by Crippen LogP contribution is 2.40. The molecule has 1 fully saturated rings. The van der Waals surface area contributed by atoms with Gasteiger partial charge in [-0.2, -0.15) is 0 Å². The van der Waals surface area contributed by atoms with Crippen LogP contribution in [0.5, 0.6) is 0 Å². The minimum Gasteiger partial charge on any atom is -0.312 e. The zero-order valence-electron chi connectivity index (χ0n) is 10.8. The van der Waals surface area contributed by atoms with E-state index in [1.165, 1.54) is 58.1 Å². The number of rotatable bonds is 3. The van der Waals surface area contributed by atoms with Crippen LogP contribution in [0, 0.1) is 5.92 Å². The maximum atomic E-state index is 3.61. The summed E-state index contributed by atoms with van der Waals surface area (Å²) in [7, 11) is 2.10. The molecule has 0 saturated heterocycles. The maximum absolute atomic E-state index is 3.61. The van der Waals surface area contributed by atoms with E-state index in [2.05, 4.69) is 50.3 Å². The average molecular weight is 395 g/mol. The van der Waals surface area contributed by atoms with Crippen LogP contribution in [0.4, 0.5) is 0 Å². The van der Waals surface area contributed by atoms with Crippen LogP contribution in [0.1, 0.15) is 55.9 Å². The van der Waals surface area contributed by atoms with Crippen molar-refractivity contribution in [1.29, 1.82) is 0 Å². The van der Waals surface area contributed by atoms with E-state index in [1.807, 2.05) is 11.3 Å². The van der Waals surface area contributed by atoms with Gasteiger partial charge in [0.05, 0.1) is 3.79 Å². The molecular formula is C14H21Br2NS. The van der Waals surface area contributed by atoms with E-state index >= 15 is 0 Å². The second-order valence-corrected chi connectivity index (χ2v) is 8.40. The molecule has 0 spiro atoms. The molecule has 4 heteroatoms. The Bertz CT molecular complexity index is 350. The van der Waals surface area contributed by atoms with Crippen molar-refractivity contribution in [2.75, 3.05) is 7.05 Å².